The highest BCUT2D eigenvalue weighted by Crippen LogP contribution is 2.43. The second-order valence-corrected chi connectivity index (χ2v) is 6.48. The Balaban J connectivity index is 1.75. The van der Waals surface area contributed by atoms with Gasteiger partial charge in [-0.05, 0) is 51.4 Å². The Morgan fingerprint density at radius 1 is 1.14 bits per heavy atom. The van der Waals surface area contributed by atoms with E-state index in [1.165, 1.54) is 18.4 Å². The first-order chi connectivity index (χ1) is 10.3. The molecule has 0 spiro atoms. The van der Waals surface area contributed by atoms with Crippen molar-refractivity contribution in [2.75, 3.05) is 20.1 Å². The number of piperidine rings is 1. The summed E-state index contributed by atoms with van der Waals surface area (Å²) in [6, 6.07) is 10.7. The predicted octanol–water partition coefficient (Wildman–Crippen LogP) is 2.96. The van der Waals surface area contributed by atoms with E-state index in [4.69, 9.17) is 9.51 Å². The first kappa shape index (κ1) is 13.0. The van der Waals surface area contributed by atoms with Crippen LogP contribution in [-0.2, 0) is 5.41 Å². The Kier molecular flexibility index (Phi) is 3.07. The van der Waals surface area contributed by atoms with Gasteiger partial charge in [-0.1, -0.05) is 35.5 Å². The minimum atomic E-state index is -0.103. The van der Waals surface area contributed by atoms with Crippen LogP contribution < -0.4 is 0 Å². The molecule has 0 N–H and O–H groups in total. The first-order valence-electron chi connectivity index (χ1n) is 7.86. The van der Waals surface area contributed by atoms with Gasteiger partial charge < -0.3 is 9.42 Å². The van der Waals surface area contributed by atoms with Crippen LogP contribution in [0.2, 0.25) is 0 Å². The molecule has 1 saturated heterocycles. The Morgan fingerprint density at radius 2 is 1.86 bits per heavy atom. The lowest BCUT2D eigenvalue weighted by Crippen LogP contribution is -2.41. The number of hydrogen-bond donors (Lipinski definition) is 0. The van der Waals surface area contributed by atoms with Gasteiger partial charge in [-0.2, -0.15) is 4.98 Å². The van der Waals surface area contributed by atoms with E-state index in [2.05, 4.69) is 47.4 Å². The summed E-state index contributed by atoms with van der Waals surface area (Å²) in [5.74, 6) is 2.28. The molecule has 4 nitrogen and oxygen atoms in total. The van der Waals surface area contributed by atoms with Crippen molar-refractivity contribution in [3.8, 4) is 0 Å². The Bertz CT molecular complexity index is 610. The van der Waals surface area contributed by atoms with Crippen molar-refractivity contribution in [3.05, 3.63) is 47.6 Å². The minimum absolute atomic E-state index is 0.103. The number of nitrogens with zero attached hydrogens (tertiary/aromatic N) is 3. The van der Waals surface area contributed by atoms with Gasteiger partial charge in [-0.15, -0.1) is 0 Å². The number of aromatic nitrogens is 2. The second-order valence-electron chi connectivity index (χ2n) is 6.48. The molecule has 1 aromatic heterocycles. The summed E-state index contributed by atoms with van der Waals surface area (Å²) in [5.41, 5.74) is 1.21. The fraction of sp³-hybridized carbons (Fsp3) is 0.529. The SMILES string of the molecule is CN1CCC(c2ccccc2)(c2nc(C3CC3)no2)CC1. The van der Waals surface area contributed by atoms with Crippen molar-refractivity contribution < 1.29 is 4.52 Å². The van der Waals surface area contributed by atoms with Gasteiger partial charge in [0.25, 0.3) is 0 Å². The highest BCUT2D eigenvalue weighted by Gasteiger charge is 2.43. The molecule has 0 bridgehead atoms. The summed E-state index contributed by atoms with van der Waals surface area (Å²) >= 11 is 0. The van der Waals surface area contributed by atoms with Gasteiger partial charge in [0.15, 0.2) is 5.82 Å². The lowest BCUT2D eigenvalue weighted by molar-refractivity contribution is 0.179. The van der Waals surface area contributed by atoms with Gasteiger partial charge in [0, 0.05) is 5.92 Å². The normalized spacial score (nSPS) is 22.3. The third kappa shape index (κ3) is 2.27. The van der Waals surface area contributed by atoms with Crippen molar-refractivity contribution in [3.63, 3.8) is 0 Å². The maximum Gasteiger partial charge on any atom is 0.237 e. The molecule has 2 fully saturated rings. The molecule has 4 rings (SSSR count). The van der Waals surface area contributed by atoms with E-state index >= 15 is 0 Å². The maximum absolute atomic E-state index is 5.72. The first-order valence-corrected chi connectivity index (χ1v) is 7.86. The van der Waals surface area contributed by atoms with Crippen LogP contribution in [-0.4, -0.2) is 35.2 Å². The van der Waals surface area contributed by atoms with Gasteiger partial charge >= 0.3 is 0 Å². The summed E-state index contributed by atoms with van der Waals surface area (Å²) in [4.78, 5) is 7.15. The smallest absolute Gasteiger partial charge is 0.237 e. The Morgan fingerprint density at radius 3 is 2.52 bits per heavy atom. The van der Waals surface area contributed by atoms with Crippen LogP contribution in [0.5, 0.6) is 0 Å². The molecular weight excluding hydrogens is 262 g/mol. The van der Waals surface area contributed by atoms with E-state index in [-0.39, 0.29) is 5.41 Å². The third-order valence-corrected chi connectivity index (χ3v) is 4.96. The molecule has 1 aliphatic carbocycles. The summed E-state index contributed by atoms with van der Waals surface area (Å²) in [7, 11) is 2.18. The van der Waals surface area contributed by atoms with Gasteiger partial charge in [0.1, 0.15) is 0 Å². The van der Waals surface area contributed by atoms with Gasteiger partial charge in [-0.3, -0.25) is 0 Å². The maximum atomic E-state index is 5.72. The molecule has 1 aliphatic heterocycles. The topological polar surface area (TPSA) is 42.2 Å². The van der Waals surface area contributed by atoms with E-state index in [1.54, 1.807) is 0 Å². The molecule has 0 radical (unpaired) electrons. The van der Waals surface area contributed by atoms with E-state index in [1.807, 2.05) is 0 Å². The largest absolute Gasteiger partial charge is 0.338 e. The zero-order chi connectivity index (χ0) is 14.3. The van der Waals surface area contributed by atoms with Crippen molar-refractivity contribution in [2.24, 2.45) is 0 Å². The van der Waals surface area contributed by atoms with E-state index in [0.717, 1.165) is 37.6 Å². The molecule has 2 heterocycles. The predicted molar refractivity (Wildman–Crippen MR) is 80.2 cm³/mol. The summed E-state index contributed by atoms with van der Waals surface area (Å²) in [6.07, 6.45) is 4.50. The monoisotopic (exact) mass is 283 g/mol. The van der Waals surface area contributed by atoms with Crippen LogP contribution in [0.4, 0.5) is 0 Å². The average Bonchev–Trinajstić information content (AvgIpc) is 3.27. The standard InChI is InChI=1S/C17H21N3O/c1-20-11-9-17(10-12-20,14-5-3-2-4-6-14)16-18-15(19-21-16)13-7-8-13/h2-6,13H,7-12H2,1H3. The van der Waals surface area contributed by atoms with Crippen molar-refractivity contribution in [2.45, 2.75) is 37.0 Å². The highest BCUT2D eigenvalue weighted by atomic mass is 16.5. The van der Waals surface area contributed by atoms with Crippen LogP contribution in [0.15, 0.2) is 34.9 Å². The molecule has 2 aliphatic rings. The number of likely N-dealkylation sites (tertiary alicyclic amines) is 1. The molecule has 21 heavy (non-hydrogen) atoms. The van der Waals surface area contributed by atoms with Crippen LogP contribution >= 0.6 is 0 Å². The van der Waals surface area contributed by atoms with Crippen LogP contribution in [0, 0.1) is 0 Å². The Labute approximate surface area is 125 Å². The quantitative estimate of drug-likeness (QED) is 0.868. The molecule has 0 unspecified atom stereocenters. The lowest BCUT2D eigenvalue weighted by atomic mass is 9.72. The van der Waals surface area contributed by atoms with Crippen LogP contribution in [0.1, 0.15) is 48.9 Å². The molecule has 4 heteroatoms. The number of rotatable bonds is 3. The summed E-state index contributed by atoms with van der Waals surface area (Å²) in [6.45, 7) is 2.13. The fourth-order valence-electron chi connectivity index (χ4n) is 3.32. The molecule has 0 amide bonds. The van der Waals surface area contributed by atoms with Crippen molar-refractivity contribution in [1.82, 2.24) is 15.0 Å². The van der Waals surface area contributed by atoms with Crippen LogP contribution in [0.3, 0.4) is 0 Å². The zero-order valence-corrected chi connectivity index (χ0v) is 12.5. The van der Waals surface area contributed by atoms with Gasteiger partial charge in [0.2, 0.25) is 5.89 Å². The van der Waals surface area contributed by atoms with E-state index in [9.17, 15) is 0 Å². The number of benzene rings is 1. The van der Waals surface area contributed by atoms with Crippen molar-refractivity contribution >= 4 is 0 Å². The number of hydrogen-bond acceptors (Lipinski definition) is 4. The highest BCUT2D eigenvalue weighted by molar-refractivity contribution is 5.33. The molecule has 0 atom stereocenters. The summed E-state index contributed by atoms with van der Waals surface area (Å²) < 4.78 is 5.72. The Hall–Kier alpha value is -1.68. The minimum Gasteiger partial charge on any atom is -0.338 e. The fourth-order valence-corrected chi connectivity index (χ4v) is 3.32. The molecule has 1 saturated carbocycles. The molecular formula is C17H21N3O. The van der Waals surface area contributed by atoms with E-state index < -0.39 is 0 Å². The molecule has 1 aromatic carbocycles. The van der Waals surface area contributed by atoms with Gasteiger partial charge in [0.05, 0.1) is 5.41 Å². The summed E-state index contributed by atoms with van der Waals surface area (Å²) in [5, 5.41) is 4.24. The lowest BCUT2D eigenvalue weighted by Gasteiger charge is -2.38. The zero-order valence-electron chi connectivity index (χ0n) is 12.5. The van der Waals surface area contributed by atoms with Gasteiger partial charge in [-0.25, -0.2) is 0 Å². The second kappa shape index (κ2) is 4.95. The molecule has 110 valence electrons. The van der Waals surface area contributed by atoms with E-state index in [0.29, 0.717) is 5.92 Å². The van der Waals surface area contributed by atoms with Crippen LogP contribution in [0.25, 0.3) is 0 Å². The average molecular weight is 283 g/mol. The third-order valence-electron chi connectivity index (χ3n) is 4.96. The van der Waals surface area contributed by atoms with Crippen molar-refractivity contribution in [1.29, 1.82) is 0 Å². The molecule has 2 aromatic rings.